The summed E-state index contributed by atoms with van der Waals surface area (Å²) in [6.45, 7) is 17.9. The molecule has 1 aliphatic carbocycles. The molecule has 6 rings (SSSR count). The minimum absolute atomic E-state index is 0.0476. The summed E-state index contributed by atoms with van der Waals surface area (Å²) < 4.78 is 63.7. The van der Waals surface area contributed by atoms with Crippen LogP contribution in [0.3, 0.4) is 0 Å². The van der Waals surface area contributed by atoms with Crippen molar-refractivity contribution in [2.45, 2.75) is 122 Å². The Labute approximate surface area is 293 Å². The van der Waals surface area contributed by atoms with Crippen molar-refractivity contribution in [1.82, 2.24) is 29.0 Å². The summed E-state index contributed by atoms with van der Waals surface area (Å²) in [6, 6.07) is 7.15. The van der Waals surface area contributed by atoms with Gasteiger partial charge in [0.25, 0.3) is 0 Å². The maximum atomic E-state index is 13.5. The van der Waals surface area contributed by atoms with E-state index in [2.05, 4.69) is 57.9 Å². The van der Waals surface area contributed by atoms with Crippen LogP contribution in [0.4, 0.5) is 19.0 Å². The zero-order chi connectivity index (χ0) is 36.0. The van der Waals surface area contributed by atoms with Gasteiger partial charge < -0.3 is 34.0 Å². The van der Waals surface area contributed by atoms with E-state index in [4.69, 9.17) is 19.9 Å². The smallest absolute Gasteiger partial charge is 0.383 e. The number of nitrogens with zero attached hydrogens (tertiary/aromatic N) is 6. The van der Waals surface area contributed by atoms with Gasteiger partial charge in [-0.3, -0.25) is 0 Å². The van der Waals surface area contributed by atoms with Crippen molar-refractivity contribution in [1.29, 1.82) is 0 Å². The summed E-state index contributed by atoms with van der Waals surface area (Å²) >= 11 is 0. The summed E-state index contributed by atoms with van der Waals surface area (Å²) in [5.41, 5.74) is 7.29. The molecule has 4 atom stereocenters. The maximum absolute atomic E-state index is 13.5. The van der Waals surface area contributed by atoms with Crippen LogP contribution in [0, 0.1) is 5.92 Å². The molecule has 2 aliphatic rings. The van der Waals surface area contributed by atoms with E-state index in [9.17, 15) is 13.2 Å². The quantitative estimate of drug-likeness (QED) is 0.106. The number of nitrogens with two attached hydrogens (primary N) is 1. The van der Waals surface area contributed by atoms with Crippen LogP contribution in [0.15, 0.2) is 36.8 Å². The Morgan fingerprint density at radius 2 is 1.86 bits per heavy atom. The van der Waals surface area contributed by atoms with Gasteiger partial charge in [0.1, 0.15) is 36.5 Å². The molecule has 10 nitrogen and oxygen atoms in total. The molecule has 4 heterocycles. The molecule has 1 saturated carbocycles. The molecule has 1 aliphatic heterocycles. The number of aromatic nitrogens is 5. The second-order valence-electron chi connectivity index (χ2n) is 15.9. The molecule has 14 heteroatoms. The van der Waals surface area contributed by atoms with Gasteiger partial charge in [-0.05, 0) is 83.8 Å². The highest BCUT2D eigenvalue weighted by molar-refractivity contribution is 6.76. The molecule has 50 heavy (non-hydrogen) atoms. The molecule has 2 fully saturated rings. The van der Waals surface area contributed by atoms with Crippen LogP contribution in [0.2, 0.25) is 25.7 Å². The first kappa shape index (κ1) is 36.7. The number of unbranched alkanes of at least 4 members (excludes halogenated alkanes) is 1. The summed E-state index contributed by atoms with van der Waals surface area (Å²) in [5.74, 6) is 0.778. The number of rotatable bonds is 14. The Morgan fingerprint density at radius 1 is 1.10 bits per heavy atom. The Morgan fingerprint density at radius 3 is 2.58 bits per heavy atom. The number of benzene rings is 1. The Bertz CT molecular complexity index is 1780. The van der Waals surface area contributed by atoms with Gasteiger partial charge in [-0.15, -0.1) is 0 Å². The predicted molar refractivity (Wildman–Crippen MR) is 191 cm³/mol. The van der Waals surface area contributed by atoms with Crippen molar-refractivity contribution in [2.75, 3.05) is 25.4 Å². The number of fused-ring (bicyclic) bond motifs is 3. The van der Waals surface area contributed by atoms with E-state index in [1.165, 1.54) is 12.4 Å². The second-order valence-corrected chi connectivity index (χ2v) is 21.5. The first-order valence-electron chi connectivity index (χ1n) is 17.8. The van der Waals surface area contributed by atoms with Gasteiger partial charge in [0.05, 0.1) is 34.1 Å². The van der Waals surface area contributed by atoms with Crippen LogP contribution in [0.5, 0.6) is 0 Å². The lowest BCUT2D eigenvalue weighted by Crippen LogP contribution is -2.39. The fraction of sp³-hybridized carbons (Fsp3) is 0.639. The van der Waals surface area contributed by atoms with Crippen molar-refractivity contribution in [3.05, 3.63) is 48.2 Å². The van der Waals surface area contributed by atoms with E-state index in [0.29, 0.717) is 35.9 Å². The number of nitrogen functional groups attached to an aromatic ring is 1. The van der Waals surface area contributed by atoms with Gasteiger partial charge in [0.15, 0.2) is 5.79 Å². The first-order chi connectivity index (χ1) is 23.5. The normalized spacial score (nSPS) is 22.5. The van der Waals surface area contributed by atoms with Crippen LogP contribution in [-0.2, 0) is 33.5 Å². The number of imidazole rings is 1. The van der Waals surface area contributed by atoms with Crippen molar-refractivity contribution >= 4 is 36.0 Å². The highest BCUT2D eigenvalue weighted by Gasteiger charge is 2.55. The molecule has 3 aromatic heterocycles. The first-order valence-corrected chi connectivity index (χ1v) is 21.5. The van der Waals surface area contributed by atoms with Crippen molar-refractivity contribution in [3.8, 4) is 0 Å². The lowest BCUT2D eigenvalue weighted by Gasteiger charge is -2.31. The second kappa shape index (κ2) is 14.2. The number of alkyl halides is 3. The number of anilines is 1. The highest BCUT2D eigenvalue weighted by atomic mass is 28.3. The third-order valence-corrected chi connectivity index (χ3v) is 11.8. The molecule has 2 unspecified atom stereocenters. The molecule has 274 valence electrons. The molecule has 1 aromatic carbocycles. The summed E-state index contributed by atoms with van der Waals surface area (Å²) in [6.07, 6.45) is 2.22. The molecule has 0 bridgehead atoms. The van der Waals surface area contributed by atoms with Crippen molar-refractivity contribution in [3.63, 3.8) is 0 Å². The molecule has 2 N–H and O–H groups in total. The van der Waals surface area contributed by atoms with Gasteiger partial charge >= 0.3 is 6.18 Å². The van der Waals surface area contributed by atoms with E-state index in [-0.39, 0.29) is 30.9 Å². The van der Waals surface area contributed by atoms with E-state index >= 15 is 0 Å². The monoisotopic (exact) mass is 715 g/mol. The van der Waals surface area contributed by atoms with Crippen LogP contribution in [0.1, 0.15) is 64.4 Å². The lowest BCUT2D eigenvalue weighted by atomic mass is 10.0. The topological polar surface area (TPSA) is 105 Å². The fourth-order valence-corrected chi connectivity index (χ4v) is 8.21. The van der Waals surface area contributed by atoms with Crippen molar-refractivity contribution in [2.24, 2.45) is 5.92 Å². The third-order valence-electron chi connectivity index (χ3n) is 10.1. The van der Waals surface area contributed by atoms with E-state index in [1.807, 2.05) is 30.7 Å². The maximum Gasteiger partial charge on any atom is 0.416 e. The number of hydrogen-bond acceptors (Lipinski definition) is 8. The fourth-order valence-electron chi connectivity index (χ4n) is 7.45. The molecule has 0 spiro atoms. The molecule has 0 amide bonds. The average Bonchev–Trinajstić information content (AvgIpc) is 3.76. The Balaban J connectivity index is 1.13. The standard InChI is InChI=1S/C36H52F3N7O3Si/c1-23(2)44(20-24-18-29(32-31(24)48-35(3,4)49-32)45-15-13-26-33(40)41-21-42-34(26)45)14-9-8-10-30-43-27-19-25(36(37,38)39)11-12-28(27)46(30)22-47-16-17-50(5,6)7/h11-13,15,19,21,23-24,29,31-32H,8-10,14,16-18,20,22H2,1-7H3,(H2,40,41,42)/t24-,29?,31-,32?/m1/s1. The molecular formula is C36H52F3N7O3Si. The minimum atomic E-state index is -4.42. The van der Waals surface area contributed by atoms with Crippen LogP contribution in [-0.4, -0.2) is 80.8 Å². The average molecular weight is 716 g/mol. The van der Waals surface area contributed by atoms with Gasteiger partial charge in [-0.1, -0.05) is 19.6 Å². The lowest BCUT2D eigenvalue weighted by molar-refractivity contribution is -0.161. The highest BCUT2D eigenvalue weighted by Crippen LogP contribution is 2.48. The zero-order valence-corrected chi connectivity index (χ0v) is 31.3. The van der Waals surface area contributed by atoms with E-state index < -0.39 is 25.6 Å². The molecular weight excluding hydrogens is 664 g/mol. The Hall–Kier alpha value is -3.04. The van der Waals surface area contributed by atoms with Crippen LogP contribution in [0.25, 0.3) is 22.1 Å². The van der Waals surface area contributed by atoms with Crippen molar-refractivity contribution < 1.29 is 27.4 Å². The van der Waals surface area contributed by atoms with E-state index in [0.717, 1.165) is 67.4 Å². The summed E-state index contributed by atoms with van der Waals surface area (Å²) in [7, 11) is -1.29. The number of hydrogen-bond donors (Lipinski definition) is 1. The minimum Gasteiger partial charge on any atom is -0.383 e. The van der Waals surface area contributed by atoms with Crippen LogP contribution >= 0.6 is 0 Å². The van der Waals surface area contributed by atoms with Gasteiger partial charge in [-0.2, -0.15) is 13.2 Å². The number of ether oxygens (including phenoxy) is 3. The largest absolute Gasteiger partial charge is 0.416 e. The van der Waals surface area contributed by atoms with Gasteiger partial charge in [0.2, 0.25) is 0 Å². The zero-order valence-electron chi connectivity index (χ0n) is 30.3. The predicted octanol–water partition coefficient (Wildman–Crippen LogP) is 7.51. The molecule has 0 radical (unpaired) electrons. The third kappa shape index (κ3) is 8.04. The Kier molecular flexibility index (Phi) is 10.4. The summed E-state index contributed by atoms with van der Waals surface area (Å²) in [5, 5.41) is 0.835. The van der Waals surface area contributed by atoms with Crippen LogP contribution < -0.4 is 5.73 Å². The number of aryl methyl sites for hydroxylation is 1. The molecule has 1 saturated heterocycles. The van der Waals surface area contributed by atoms with E-state index in [1.54, 1.807) is 0 Å². The SMILES string of the molecule is CC(C)N(CCCCc1nc2cc(C(F)(F)F)ccc2n1COCC[Si](C)(C)C)C[C@H]1CC(n2ccc3c(N)ncnc32)C2OC(C)(C)O[C@@H]21. The van der Waals surface area contributed by atoms with Gasteiger partial charge in [-0.25, -0.2) is 15.0 Å². The summed E-state index contributed by atoms with van der Waals surface area (Å²) in [4.78, 5) is 15.9. The van der Waals surface area contributed by atoms with Gasteiger partial charge in [0, 0.05) is 45.8 Å². The number of halogens is 3. The molecule has 4 aromatic rings.